The van der Waals surface area contributed by atoms with Crippen molar-refractivity contribution in [2.45, 2.75) is 6.92 Å². The second-order valence-electron chi connectivity index (χ2n) is 6.54. The molecule has 0 bridgehead atoms. The van der Waals surface area contributed by atoms with Crippen molar-refractivity contribution in [1.29, 1.82) is 0 Å². The summed E-state index contributed by atoms with van der Waals surface area (Å²) in [7, 11) is 0. The molecule has 29 heavy (non-hydrogen) atoms. The number of carbonyl (C=O) groups excluding carboxylic acids is 3. The summed E-state index contributed by atoms with van der Waals surface area (Å²) in [5.74, 6) is -0.726. The molecule has 1 aromatic heterocycles. The van der Waals surface area contributed by atoms with E-state index in [1.165, 1.54) is 18.2 Å². The zero-order valence-corrected chi connectivity index (χ0v) is 15.7. The Morgan fingerprint density at radius 1 is 1.10 bits per heavy atom. The highest BCUT2D eigenvalue weighted by atomic mass is 16.5. The number of aryl methyl sites for hydroxylation is 1. The molecule has 7 nitrogen and oxygen atoms in total. The molecule has 2 heterocycles. The van der Waals surface area contributed by atoms with Crippen molar-refractivity contribution in [1.82, 2.24) is 5.16 Å². The molecule has 3 amide bonds. The Labute approximate surface area is 166 Å². The quantitative estimate of drug-likeness (QED) is 0.493. The minimum Gasteiger partial charge on any atom is -0.360 e. The molecule has 7 heteroatoms. The number of para-hydroxylation sites is 1. The number of amides is 3. The van der Waals surface area contributed by atoms with Gasteiger partial charge in [0.25, 0.3) is 17.7 Å². The summed E-state index contributed by atoms with van der Waals surface area (Å²) in [6.45, 7) is 5.68. The van der Waals surface area contributed by atoms with Crippen LogP contribution in [-0.4, -0.2) is 29.4 Å². The largest absolute Gasteiger partial charge is 0.360 e. The number of aromatic nitrogens is 1. The van der Waals surface area contributed by atoms with Crippen LogP contribution in [0.1, 0.15) is 36.8 Å². The van der Waals surface area contributed by atoms with E-state index in [4.69, 9.17) is 4.52 Å². The van der Waals surface area contributed by atoms with E-state index in [-0.39, 0.29) is 22.9 Å². The van der Waals surface area contributed by atoms with Gasteiger partial charge in [0.1, 0.15) is 5.76 Å². The van der Waals surface area contributed by atoms with Gasteiger partial charge in [-0.05, 0) is 37.3 Å². The maximum atomic E-state index is 13.1. The van der Waals surface area contributed by atoms with Gasteiger partial charge in [0.2, 0.25) is 0 Å². The van der Waals surface area contributed by atoms with E-state index in [0.29, 0.717) is 23.6 Å². The van der Waals surface area contributed by atoms with E-state index >= 15 is 0 Å². The van der Waals surface area contributed by atoms with Gasteiger partial charge in [-0.3, -0.25) is 14.4 Å². The van der Waals surface area contributed by atoms with Crippen LogP contribution in [-0.2, 0) is 0 Å². The Balaban J connectivity index is 1.70. The zero-order chi connectivity index (χ0) is 20.5. The summed E-state index contributed by atoms with van der Waals surface area (Å²) in [6, 6.07) is 15.2. The highest BCUT2D eigenvalue weighted by Gasteiger charge is 2.39. The molecule has 0 unspecified atom stereocenters. The minimum absolute atomic E-state index is 0.124. The number of carbonyl (C=O) groups is 3. The third-order valence-corrected chi connectivity index (χ3v) is 4.60. The molecule has 0 N–H and O–H groups in total. The van der Waals surface area contributed by atoms with Crippen LogP contribution in [0.5, 0.6) is 0 Å². The summed E-state index contributed by atoms with van der Waals surface area (Å²) in [6.07, 6.45) is 1.63. The second kappa shape index (κ2) is 7.20. The predicted octanol–water partition coefficient (Wildman–Crippen LogP) is 3.62. The van der Waals surface area contributed by atoms with Gasteiger partial charge in [0, 0.05) is 23.9 Å². The monoisotopic (exact) mass is 387 g/mol. The predicted molar refractivity (Wildman–Crippen MR) is 107 cm³/mol. The molecular weight excluding hydrogens is 370 g/mol. The van der Waals surface area contributed by atoms with E-state index in [1.807, 2.05) is 30.3 Å². The van der Waals surface area contributed by atoms with Crippen molar-refractivity contribution in [3.05, 3.63) is 89.7 Å². The number of benzene rings is 2. The minimum atomic E-state index is -0.539. The Hall–Kier alpha value is -4.00. The lowest BCUT2D eigenvalue weighted by atomic mass is 10.0. The molecule has 3 aromatic rings. The van der Waals surface area contributed by atoms with Crippen LogP contribution < -0.4 is 9.80 Å². The average Bonchev–Trinajstić information content (AvgIpc) is 3.27. The third-order valence-electron chi connectivity index (χ3n) is 4.60. The van der Waals surface area contributed by atoms with Gasteiger partial charge in [0.05, 0.1) is 11.1 Å². The van der Waals surface area contributed by atoms with Gasteiger partial charge in [-0.25, -0.2) is 4.90 Å². The van der Waals surface area contributed by atoms with E-state index in [9.17, 15) is 14.4 Å². The summed E-state index contributed by atoms with van der Waals surface area (Å²) in [5.41, 5.74) is 1.39. The summed E-state index contributed by atoms with van der Waals surface area (Å²) >= 11 is 0. The molecular formula is C22H17N3O4. The van der Waals surface area contributed by atoms with Crippen molar-refractivity contribution < 1.29 is 18.9 Å². The van der Waals surface area contributed by atoms with Crippen molar-refractivity contribution >= 4 is 29.2 Å². The first-order chi connectivity index (χ1) is 14.0. The highest BCUT2D eigenvalue weighted by molar-refractivity contribution is 6.34. The van der Waals surface area contributed by atoms with Crippen LogP contribution in [0.15, 0.2) is 71.8 Å². The standard InChI is InChI=1S/C22H17N3O4/c1-3-11-24(16-7-5-4-6-8-16)20(26)15-9-10-17-18(13-15)22(28)25(21(17)27)19-12-14(2)29-23-19/h3-10,12-13H,1,11H2,2H3. The molecule has 0 saturated carbocycles. The van der Waals surface area contributed by atoms with Crippen LogP contribution in [0.4, 0.5) is 11.5 Å². The Kier molecular flexibility index (Phi) is 4.56. The molecule has 2 aromatic carbocycles. The lowest BCUT2D eigenvalue weighted by molar-refractivity contribution is 0.0922. The molecule has 1 aliphatic heterocycles. The fraction of sp³-hybridized carbons (Fsp3) is 0.0909. The summed E-state index contributed by atoms with van der Waals surface area (Å²) < 4.78 is 4.98. The first kappa shape index (κ1) is 18.4. The molecule has 0 aliphatic carbocycles. The normalized spacial score (nSPS) is 12.8. The van der Waals surface area contributed by atoms with Gasteiger partial charge in [0.15, 0.2) is 5.82 Å². The topological polar surface area (TPSA) is 83.7 Å². The van der Waals surface area contributed by atoms with E-state index in [1.54, 1.807) is 24.0 Å². The number of rotatable bonds is 5. The maximum Gasteiger partial charge on any atom is 0.267 e. The molecule has 0 fully saturated rings. The number of nitrogens with zero attached hydrogens (tertiary/aromatic N) is 3. The average molecular weight is 387 g/mol. The Morgan fingerprint density at radius 2 is 1.83 bits per heavy atom. The second-order valence-corrected chi connectivity index (χ2v) is 6.54. The lowest BCUT2D eigenvalue weighted by Crippen LogP contribution is -2.31. The summed E-state index contributed by atoms with van der Waals surface area (Å²) in [5, 5.41) is 3.75. The first-order valence-corrected chi connectivity index (χ1v) is 8.95. The number of hydrogen-bond donors (Lipinski definition) is 0. The zero-order valence-electron chi connectivity index (χ0n) is 15.7. The van der Waals surface area contributed by atoms with Gasteiger partial charge >= 0.3 is 0 Å². The van der Waals surface area contributed by atoms with Crippen molar-refractivity contribution in [3.8, 4) is 0 Å². The SMILES string of the molecule is C=CCN(C(=O)c1ccc2c(c1)C(=O)N(c1cc(C)on1)C2=O)c1ccccc1. The van der Waals surface area contributed by atoms with E-state index < -0.39 is 11.8 Å². The highest BCUT2D eigenvalue weighted by Crippen LogP contribution is 2.29. The molecule has 1 aliphatic rings. The van der Waals surface area contributed by atoms with Crippen molar-refractivity contribution in [3.63, 3.8) is 0 Å². The smallest absolute Gasteiger partial charge is 0.267 e. The Bertz CT molecular complexity index is 1130. The molecule has 4 rings (SSSR count). The van der Waals surface area contributed by atoms with Crippen molar-refractivity contribution in [2.75, 3.05) is 16.3 Å². The van der Waals surface area contributed by atoms with Gasteiger partial charge in [-0.2, -0.15) is 0 Å². The number of hydrogen-bond acceptors (Lipinski definition) is 5. The van der Waals surface area contributed by atoms with Crippen LogP contribution in [0.2, 0.25) is 0 Å². The third kappa shape index (κ3) is 3.12. The molecule has 144 valence electrons. The van der Waals surface area contributed by atoms with Crippen LogP contribution in [0, 0.1) is 6.92 Å². The van der Waals surface area contributed by atoms with E-state index in [2.05, 4.69) is 11.7 Å². The maximum absolute atomic E-state index is 13.1. The van der Waals surface area contributed by atoms with Crippen molar-refractivity contribution in [2.24, 2.45) is 0 Å². The van der Waals surface area contributed by atoms with Gasteiger partial charge < -0.3 is 9.42 Å². The molecule has 0 radical (unpaired) electrons. The van der Waals surface area contributed by atoms with Gasteiger partial charge in [-0.15, -0.1) is 6.58 Å². The lowest BCUT2D eigenvalue weighted by Gasteiger charge is -2.21. The fourth-order valence-electron chi connectivity index (χ4n) is 3.24. The molecule has 0 atom stereocenters. The van der Waals surface area contributed by atoms with Gasteiger partial charge in [-0.1, -0.05) is 29.4 Å². The van der Waals surface area contributed by atoms with E-state index in [0.717, 1.165) is 4.90 Å². The van der Waals surface area contributed by atoms with Crippen LogP contribution >= 0.6 is 0 Å². The number of anilines is 2. The number of fused-ring (bicyclic) bond motifs is 1. The van der Waals surface area contributed by atoms with Crippen LogP contribution in [0.25, 0.3) is 0 Å². The van der Waals surface area contributed by atoms with Crippen LogP contribution in [0.3, 0.4) is 0 Å². The Morgan fingerprint density at radius 3 is 2.48 bits per heavy atom. The fourth-order valence-corrected chi connectivity index (χ4v) is 3.24. The number of imide groups is 1. The first-order valence-electron chi connectivity index (χ1n) is 8.95. The molecule has 0 saturated heterocycles. The summed E-state index contributed by atoms with van der Waals surface area (Å²) in [4.78, 5) is 41.1. The molecule has 0 spiro atoms.